The Bertz CT molecular complexity index is 480. The highest BCUT2D eigenvalue weighted by molar-refractivity contribution is 9.11. The van der Waals surface area contributed by atoms with Crippen LogP contribution < -0.4 is 10.2 Å². The lowest BCUT2D eigenvalue weighted by Crippen LogP contribution is -2.30. The van der Waals surface area contributed by atoms with Crippen molar-refractivity contribution in [3.05, 3.63) is 45.5 Å². The number of allylic oxidation sites excluding steroid dienone is 2. The number of hydrogen-bond donors (Lipinski definition) is 1. The Kier molecular flexibility index (Phi) is 2.14. The minimum absolute atomic E-state index is 0.246. The van der Waals surface area contributed by atoms with E-state index in [1.807, 2.05) is 6.08 Å². The van der Waals surface area contributed by atoms with Crippen LogP contribution in [0.1, 0.15) is 0 Å². The second kappa shape index (κ2) is 3.39. The van der Waals surface area contributed by atoms with E-state index in [0.717, 1.165) is 14.6 Å². The van der Waals surface area contributed by atoms with Gasteiger partial charge >= 0.3 is 0 Å². The molecule has 0 aromatic heterocycles. The van der Waals surface area contributed by atoms with Crippen molar-refractivity contribution in [2.24, 2.45) is 0 Å². The van der Waals surface area contributed by atoms with Gasteiger partial charge in [-0.3, -0.25) is 0 Å². The highest BCUT2D eigenvalue weighted by Gasteiger charge is 2.28. The third-order valence-electron chi connectivity index (χ3n) is 2.56. The van der Waals surface area contributed by atoms with E-state index in [1.54, 1.807) is 0 Å². The first-order chi connectivity index (χ1) is 7.25. The first-order valence-electron chi connectivity index (χ1n) is 4.64. The van der Waals surface area contributed by atoms with Gasteiger partial charge in [0.2, 0.25) is 0 Å². The van der Waals surface area contributed by atoms with E-state index in [1.165, 1.54) is 5.69 Å². The lowest BCUT2D eigenvalue weighted by atomic mass is 10.2. The molecule has 1 aromatic rings. The molecule has 1 unspecified atom stereocenters. The predicted molar refractivity (Wildman–Crippen MR) is 70.0 cm³/mol. The zero-order valence-electron chi connectivity index (χ0n) is 7.74. The number of anilines is 2. The fraction of sp³-hybridized carbons (Fsp3) is 0.0909. The first-order valence-corrected chi connectivity index (χ1v) is 6.23. The van der Waals surface area contributed by atoms with Gasteiger partial charge in [-0.1, -0.05) is 22.0 Å². The van der Waals surface area contributed by atoms with Gasteiger partial charge in [0, 0.05) is 15.1 Å². The van der Waals surface area contributed by atoms with Gasteiger partial charge in [-0.25, -0.2) is 0 Å². The Morgan fingerprint density at radius 2 is 2.07 bits per heavy atom. The summed E-state index contributed by atoms with van der Waals surface area (Å²) in [5, 5.41) is 3.45. The monoisotopic (exact) mass is 326 g/mol. The Labute approximate surface area is 105 Å². The van der Waals surface area contributed by atoms with Crippen LogP contribution in [0.2, 0.25) is 0 Å². The van der Waals surface area contributed by atoms with E-state index in [9.17, 15) is 0 Å². The van der Waals surface area contributed by atoms with Crippen molar-refractivity contribution in [2.75, 3.05) is 10.2 Å². The third-order valence-corrected chi connectivity index (χ3v) is 3.64. The molecule has 2 aliphatic rings. The average molecular weight is 328 g/mol. The summed E-state index contributed by atoms with van der Waals surface area (Å²) in [6.07, 6.45) is 8.57. The standard InChI is InChI=1S/C11H8Br2N2/c12-7-5-8(13)11-9(6-7)15-4-2-1-3-10(15)14-11/h1-6,10,14H. The van der Waals surface area contributed by atoms with Crippen molar-refractivity contribution in [3.8, 4) is 0 Å². The topological polar surface area (TPSA) is 15.3 Å². The Balaban J connectivity index is 2.17. The maximum absolute atomic E-state index is 3.56. The molecule has 2 heterocycles. The van der Waals surface area contributed by atoms with Crippen LogP contribution in [0.15, 0.2) is 45.5 Å². The molecule has 0 saturated heterocycles. The molecule has 4 heteroatoms. The van der Waals surface area contributed by atoms with Gasteiger partial charge in [-0.2, -0.15) is 0 Å². The maximum atomic E-state index is 3.56. The Hall–Kier alpha value is -0.740. The number of halogens is 2. The molecular weight excluding hydrogens is 320 g/mol. The van der Waals surface area contributed by atoms with Crippen LogP contribution in [0.25, 0.3) is 0 Å². The van der Waals surface area contributed by atoms with E-state index in [0.29, 0.717) is 0 Å². The zero-order chi connectivity index (χ0) is 10.4. The van der Waals surface area contributed by atoms with Crippen LogP contribution in [0.5, 0.6) is 0 Å². The second-order valence-electron chi connectivity index (χ2n) is 3.50. The van der Waals surface area contributed by atoms with Gasteiger partial charge in [0.25, 0.3) is 0 Å². The molecular formula is C11H8Br2N2. The molecule has 0 fully saturated rings. The molecule has 15 heavy (non-hydrogen) atoms. The SMILES string of the molecule is Brc1cc(Br)c2c(c1)N1C=CC=CC1N2. The van der Waals surface area contributed by atoms with Crippen molar-refractivity contribution in [2.45, 2.75) is 6.17 Å². The maximum Gasteiger partial charge on any atom is 0.123 e. The number of benzene rings is 1. The van der Waals surface area contributed by atoms with Crippen LogP contribution in [0, 0.1) is 0 Å². The molecule has 3 rings (SSSR count). The first kappa shape index (κ1) is 9.48. The van der Waals surface area contributed by atoms with Gasteiger partial charge in [-0.15, -0.1) is 0 Å². The molecule has 0 radical (unpaired) electrons. The summed E-state index contributed by atoms with van der Waals surface area (Å²) >= 11 is 7.07. The normalized spacial score (nSPS) is 21.2. The summed E-state index contributed by atoms with van der Waals surface area (Å²) < 4.78 is 2.17. The quantitative estimate of drug-likeness (QED) is 0.778. The highest BCUT2D eigenvalue weighted by Crippen LogP contribution is 2.43. The number of nitrogens with zero attached hydrogens (tertiary/aromatic N) is 1. The van der Waals surface area contributed by atoms with E-state index < -0.39 is 0 Å². The number of hydrogen-bond acceptors (Lipinski definition) is 2. The minimum Gasteiger partial charge on any atom is -0.359 e. The molecule has 0 aliphatic carbocycles. The summed E-state index contributed by atoms with van der Waals surface area (Å²) in [7, 11) is 0. The fourth-order valence-corrected chi connectivity index (χ4v) is 3.22. The zero-order valence-corrected chi connectivity index (χ0v) is 10.9. The van der Waals surface area contributed by atoms with Gasteiger partial charge in [0.15, 0.2) is 0 Å². The number of fused-ring (bicyclic) bond motifs is 3. The van der Waals surface area contributed by atoms with Crippen LogP contribution in [-0.2, 0) is 0 Å². The predicted octanol–water partition coefficient (Wildman–Crippen LogP) is 3.85. The smallest absolute Gasteiger partial charge is 0.123 e. The van der Waals surface area contributed by atoms with Crippen molar-refractivity contribution in [1.29, 1.82) is 0 Å². The van der Waals surface area contributed by atoms with Gasteiger partial charge in [0.1, 0.15) is 6.17 Å². The Morgan fingerprint density at radius 1 is 1.20 bits per heavy atom. The lowest BCUT2D eigenvalue weighted by Gasteiger charge is -2.22. The van der Waals surface area contributed by atoms with Crippen molar-refractivity contribution in [1.82, 2.24) is 0 Å². The summed E-state index contributed by atoms with van der Waals surface area (Å²) in [5.41, 5.74) is 2.35. The molecule has 0 spiro atoms. The molecule has 0 saturated carbocycles. The van der Waals surface area contributed by atoms with Crippen LogP contribution in [-0.4, -0.2) is 6.17 Å². The molecule has 2 nitrogen and oxygen atoms in total. The highest BCUT2D eigenvalue weighted by atomic mass is 79.9. The van der Waals surface area contributed by atoms with Gasteiger partial charge in [0.05, 0.1) is 11.4 Å². The van der Waals surface area contributed by atoms with Gasteiger partial charge < -0.3 is 10.2 Å². The fourth-order valence-electron chi connectivity index (χ4n) is 1.90. The van der Waals surface area contributed by atoms with E-state index in [4.69, 9.17) is 0 Å². The van der Waals surface area contributed by atoms with Crippen LogP contribution in [0.3, 0.4) is 0 Å². The third kappa shape index (κ3) is 1.43. The molecule has 0 bridgehead atoms. The summed E-state index contributed by atoms with van der Waals surface area (Å²) in [6.45, 7) is 0. The largest absolute Gasteiger partial charge is 0.359 e. The minimum atomic E-state index is 0.246. The van der Waals surface area contributed by atoms with Crippen LogP contribution >= 0.6 is 31.9 Å². The van der Waals surface area contributed by atoms with Gasteiger partial charge in [-0.05, 0) is 40.2 Å². The number of rotatable bonds is 0. The average Bonchev–Trinajstić information content (AvgIpc) is 2.57. The molecule has 1 N–H and O–H groups in total. The second-order valence-corrected chi connectivity index (χ2v) is 5.27. The number of nitrogens with one attached hydrogen (secondary N) is 1. The molecule has 1 aromatic carbocycles. The van der Waals surface area contributed by atoms with Crippen molar-refractivity contribution < 1.29 is 0 Å². The molecule has 76 valence electrons. The molecule has 1 atom stereocenters. The molecule has 0 amide bonds. The summed E-state index contributed by atoms with van der Waals surface area (Å²) in [4.78, 5) is 2.21. The van der Waals surface area contributed by atoms with E-state index in [2.05, 4.69) is 72.6 Å². The summed E-state index contributed by atoms with van der Waals surface area (Å²) in [6, 6.07) is 4.17. The summed E-state index contributed by atoms with van der Waals surface area (Å²) in [5.74, 6) is 0. The van der Waals surface area contributed by atoms with E-state index >= 15 is 0 Å². The Morgan fingerprint density at radius 3 is 2.93 bits per heavy atom. The van der Waals surface area contributed by atoms with Crippen molar-refractivity contribution >= 4 is 43.2 Å². The lowest BCUT2D eigenvalue weighted by molar-refractivity contribution is 0.907. The van der Waals surface area contributed by atoms with E-state index in [-0.39, 0.29) is 6.17 Å². The molecule has 2 aliphatic heterocycles. The van der Waals surface area contributed by atoms with Crippen molar-refractivity contribution in [3.63, 3.8) is 0 Å². The van der Waals surface area contributed by atoms with Crippen LogP contribution in [0.4, 0.5) is 11.4 Å².